The highest BCUT2D eigenvalue weighted by Gasteiger charge is 2.39. The van der Waals surface area contributed by atoms with Gasteiger partial charge in [-0.25, -0.2) is 49.8 Å². The number of aromatic nitrogens is 11. The molecule has 7 heterocycles. The smallest absolute Gasteiger partial charge is 0.456 e. The lowest BCUT2D eigenvalue weighted by Crippen LogP contribution is -2.16. The molecule has 1 aliphatic carbocycles. The average Bonchev–Trinajstić information content (AvgIpc) is 1.53. The molecule has 16 aromatic carbocycles. The first-order chi connectivity index (χ1) is 72.0. The zero-order chi connectivity index (χ0) is 105. The van der Waals surface area contributed by atoms with Crippen LogP contribution in [0, 0.1) is 104 Å². The molecule has 7 aromatic heterocycles. The summed E-state index contributed by atoms with van der Waals surface area (Å²) in [6, 6.07) is 110. The highest BCUT2D eigenvalue weighted by atomic mass is 19.4. The van der Waals surface area contributed by atoms with E-state index in [0.717, 1.165) is 175 Å². The Morgan fingerprint density at radius 1 is 0.247 bits per heavy atom. The minimum Gasteiger partial charge on any atom is -0.456 e. The number of aryl methyl sites for hydroxylation is 10. The molecule has 150 heavy (non-hydrogen) atoms. The minimum absolute atomic E-state index is 0.105. The Balaban J connectivity index is 0.000000117. The molecule has 0 fully saturated rings. The zero-order valence-electron chi connectivity index (χ0n) is 86.1. The quantitative estimate of drug-likeness (QED) is 0.0791. The molecule has 24 rings (SSSR count). The number of fused-ring (bicyclic) bond motifs is 16. The van der Waals surface area contributed by atoms with Crippen molar-refractivity contribution in [2.45, 2.75) is 136 Å². The fourth-order valence-corrected chi connectivity index (χ4v) is 21.0. The lowest BCUT2D eigenvalue weighted by molar-refractivity contribution is -0.275. The Kier molecular flexibility index (Phi) is 25.8. The average molecular weight is 1980 g/mol. The number of ether oxygens (including phenoxy) is 2. The van der Waals surface area contributed by atoms with Gasteiger partial charge in [-0.1, -0.05) is 232 Å². The van der Waals surface area contributed by atoms with E-state index >= 15 is 0 Å². The van der Waals surface area contributed by atoms with Crippen LogP contribution in [0.3, 0.4) is 0 Å². The third-order valence-corrected chi connectivity index (χ3v) is 29.0. The van der Waals surface area contributed by atoms with Gasteiger partial charge in [0.2, 0.25) is 0 Å². The summed E-state index contributed by atoms with van der Waals surface area (Å²) >= 11 is 0. The molecule has 0 atom stereocenters. The molecule has 0 unspecified atom stereocenters. The summed E-state index contributed by atoms with van der Waals surface area (Å²) in [6.45, 7) is 34.8. The highest BCUT2D eigenvalue weighted by molar-refractivity contribution is 6.26. The summed E-state index contributed by atoms with van der Waals surface area (Å²) in [6.07, 6.45) is -9.63. The first-order valence-electron chi connectivity index (χ1n) is 49.8. The van der Waals surface area contributed by atoms with Gasteiger partial charge < -0.3 is 18.5 Å². The summed E-state index contributed by atoms with van der Waals surface area (Å²) in [5.41, 5.74) is 40.2. The third-order valence-electron chi connectivity index (χ3n) is 29.0. The van der Waals surface area contributed by atoms with Gasteiger partial charge >= 0.3 is 12.7 Å². The van der Waals surface area contributed by atoms with Crippen LogP contribution in [0.4, 0.5) is 26.3 Å². The number of halogens is 6. The number of para-hydroxylation sites is 1. The van der Waals surface area contributed by atoms with Crippen LogP contribution in [0.1, 0.15) is 110 Å². The Morgan fingerprint density at radius 3 is 1.10 bits per heavy atom. The SMILES string of the molecule is Cc1nc(C)c(C)c(-c2ccc(-c3cc(-c4ccc(OC(F)(F)F)cc4)cc(-c4ccc(OC(F)(F)F)cc4)c3)cc2)n1.Cc1nc(C)c(C)c(-c2ccc3c(c2)oc2ccc(-c4nc(C)c(C)c(C)n4)cc23)n1.Cc1nc(C)c(C)c(-c2cccc(-c3cccc(-c4ccc5c6ccccc6c6ccccc6c5c4)c3)c2)n1.Cc1nc(C)c(C)c(-c2cccc(-n3c4ccccc4c4ccc5c(c43)C(C)(C)c3ccccc3-5)c2)n1. The number of rotatable bonds is 13. The van der Waals surface area contributed by atoms with Crippen LogP contribution in [-0.4, -0.2) is 67.1 Å². The fourth-order valence-electron chi connectivity index (χ4n) is 21.0. The normalized spacial score (nSPS) is 12.2. The van der Waals surface area contributed by atoms with Gasteiger partial charge in [-0.3, -0.25) is 0 Å². The zero-order valence-corrected chi connectivity index (χ0v) is 86.1. The largest absolute Gasteiger partial charge is 0.573 e. The van der Waals surface area contributed by atoms with E-state index < -0.39 is 12.7 Å². The second kappa shape index (κ2) is 39.4. The van der Waals surface area contributed by atoms with E-state index in [9.17, 15) is 26.3 Å². The Hall–Kier alpha value is -17.5. The van der Waals surface area contributed by atoms with Gasteiger partial charge in [-0.2, -0.15) is 0 Å². The van der Waals surface area contributed by atoms with Gasteiger partial charge in [-0.15, -0.1) is 26.3 Å². The maximum atomic E-state index is 12.7. The molecule has 0 amide bonds. The van der Waals surface area contributed by atoms with Crippen LogP contribution < -0.4 is 9.47 Å². The molecule has 740 valence electrons. The molecule has 0 bridgehead atoms. The van der Waals surface area contributed by atoms with Crippen molar-refractivity contribution in [1.82, 2.24) is 54.4 Å². The van der Waals surface area contributed by atoms with Crippen LogP contribution in [0.5, 0.6) is 11.5 Å². The van der Waals surface area contributed by atoms with E-state index in [4.69, 9.17) is 24.4 Å². The van der Waals surface area contributed by atoms with Crippen LogP contribution >= 0.6 is 0 Å². The third kappa shape index (κ3) is 19.3. The molecule has 0 saturated heterocycles. The highest BCUT2D eigenvalue weighted by Crippen LogP contribution is 2.54. The second-order valence-corrected chi connectivity index (χ2v) is 39.2. The topological polar surface area (TPSA) is 165 Å². The summed E-state index contributed by atoms with van der Waals surface area (Å²) in [5, 5.41) is 12.5. The van der Waals surface area contributed by atoms with Gasteiger partial charge in [0.15, 0.2) is 5.82 Å². The van der Waals surface area contributed by atoms with Crippen molar-refractivity contribution >= 4 is 76.1 Å². The summed E-state index contributed by atoms with van der Waals surface area (Å²) in [7, 11) is 0. The molecule has 0 spiro atoms. The second-order valence-electron chi connectivity index (χ2n) is 39.2. The van der Waals surface area contributed by atoms with Gasteiger partial charge in [0.25, 0.3) is 0 Å². The van der Waals surface area contributed by atoms with Gasteiger partial charge in [0.1, 0.15) is 46.0 Å². The van der Waals surface area contributed by atoms with Crippen molar-refractivity contribution < 1.29 is 40.2 Å². The molecule has 0 aliphatic heterocycles. The van der Waals surface area contributed by atoms with Crippen LogP contribution in [0.2, 0.25) is 0 Å². The van der Waals surface area contributed by atoms with Crippen molar-refractivity contribution in [2.75, 3.05) is 0 Å². The number of alkyl halides is 6. The van der Waals surface area contributed by atoms with E-state index in [1.54, 1.807) is 0 Å². The van der Waals surface area contributed by atoms with E-state index in [-0.39, 0.29) is 16.9 Å². The van der Waals surface area contributed by atoms with Crippen molar-refractivity contribution in [3.63, 3.8) is 0 Å². The predicted octanol–water partition coefficient (Wildman–Crippen LogP) is 34.6. The van der Waals surface area contributed by atoms with Gasteiger partial charge in [-0.05, 0) is 351 Å². The molecular weight excluding hydrogens is 1880 g/mol. The molecule has 0 radical (unpaired) electrons. The summed E-state index contributed by atoms with van der Waals surface area (Å²) in [5.74, 6) is 3.09. The van der Waals surface area contributed by atoms with Crippen molar-refractivity contribution in [3.05, 3.63) is 424 Å². The maximum absolute atomic E-state index is 12.7. The molecule has 14 nitrogen and oxygen atoms in total. The van der Waals surface area contributed by atoms with Gasteiger partial charge in [0, 0.05) is 94.6 Å². The number of nitrogens with zero attached hydrogens (tertiary/aromatic N) is 11. The standard InChI is InChI=1S/C37H28N2.C34H29N3.C33H24F6N2O2.C26H24N4O/c1-23-24(2)38-25(3)39-37(23)30-13-9-12-28(21-30)26-10-8-11-27(20-26)29-18-19-35-33-16-5-4-14-31(33)32-15-6-7-17-34(32)36(35)22-29;1-20-21(2)35-22(3)36-32(20)23-11-10-12-24(19-23)37-30-16-9-7-14-26(30)28-18-17-27-25-13-6-8-15-29(25)34(4,5)31(27)33(28)37;1-19-20(2)40-21(3)41-31(19)25-6-4-22(5-7-25)26-16-27(23-8-12-29(13-9-23)42-32(34,35)36)18-28(17-26)24-10-14-30(15-11-24)43-33(37,38)39;1-13-15(3)28-26(29-16(13)4)20-8-10-23-22(11-20)21-9-7-19(12-24(21)31-23)25-14(2)17(5)27-18(6)30-25/h4-22H,1-3H3;6-19H,1-5H3;4-18H,1-3H3;7-12H,1-6H3. The van der Waals surface area contributed by atoms with E-state index in [1.165, 1.54) is 147 Å². The predicted molar refractivity (Wildman–Crippen MR) is 594 cm³/mol. The summed E-state index contributed by atoms with van der Waals surface area (Å²) in [4.78, 5) is 46.3. The van der Waals surface area contributed by atoms with Crippen molar-refractivity contribution in [3.8, 4) is 140 Å². The van der Waals surface area contributed by atoms with Crippen molar-refractivity contribution in [2.24, 2.45) is 0 Å². The van der Waals surface area contributed by atoms with Crippen LogP contribution in [0.25, 0.3) is 205 Å². The van der Waals surface area contributed by atoms with E-state index in [0.29, 0.717) is 28.1 Å². The summed E-state index contributed by atoms with van der Waals surface area (Å²) < 4.78 is 92.6. The molecule has 20 heteroatoms. The van der Waals surface area contributed by atoms with Crippen LogP contribution in [-0.2, 0) is 5.41 Å². The van der Waals surface area contributed by atoms with Gasteiger partial charge in [0.05, 0.1) is 33.8 Å². The van der Waals surface area contributed by atoms with E-state index in [1.807, 2.05) is 117 Å². The Bertz CT molecular complexity index is 9200. The fraction of sp³-hybridized carbons (Fsp3) is 0.154. The molecule has 0 saturated carbocycles. The number of hydrogen-bond acceptors (Lipinski definition) is 13. The monoisotopic (exact) mass is 1980 g/mol. The van der Waals surface area contributed by atoms with E-state index in [2.05, 4.69) is 324 Å². The number of benzene rings is 16. The first kappa shape index (κ1) is 98.5. The van der Waals surface area contributed by atoms with Crippen LogP contribution in [0.15, 0.2) is 332 Å². The Labute approximate surface area is 865 Å². The number of furan rings is 1. The molecule has 23 aromatic rings. The Morgan fingerprint density at radius 2 is 0.600 bits per heavy atom. The molecule has 0 N–H and O–H groups in total. The maximum Gasteiger partial charge on any atom is 0.573 e. The lowest BCUT2D eigenvalue weighted by Gasteiger charge is -2.23. The molecular formula is C130H105F6N11O3. The minimum atomic E-state index is -4.82. The first-order valence-corrected chi connectivity index (χ1v) is 49.8. The van der Waals surface area contributed by atoms with Crippen molar-refractivity contribution in [1.29, 1.82) is 0 Å². The lowest BCUT2D eigenvalue weighted by atomic mass is 9.81. The molecule has 1 aliphatic rings. The number of hydrogen-bond donors (Lipinski definition) is 0.